The second-order valence-electron chi connectivity index (χ2n) is 5.01. The molecule has 2 rings (SSSR count). The third-order valence-electron chi connectivity index (χ3n) is 3.38. The van der Waals surface area contributed by atoms with Crippen LogP contribution in [0.5, 0.6) is 0 Å². The molecule has 0 saturated carbocycles. The number of aliphatic hydroxyl groups is 1. The number of halogens is 4. The molecule has 1 amide bonds. The molecule has 24 heavy (non-hydrogen) atoms. The molecule has 0 aliphatic rings. The van der Waals surface area contributed by atoms with E-state index in [2.05, 4.69) is 10.5 Å². The number of alkyl halides is 3. The van der Waals surface area contributed by atoms with Gasteiger partial charge in [0.15, 0.2) is 0 Å². The number of rotatable bonds is 5. The number of carbonyl (C=O) groups excluding carboxylic acids is 1. The summed E-state index contributed by atoms with van der Waals surface area (Å²) in [7, 11) is 0. The first-order chi connectivity index (χ1) is 11.3. The summed E-state index contributed by atoms with van der Waals surface area (Å²) in [6, 6.07) is 3.69. The summed E-state index contributed by atoms with van der Waals surface area (Å²) in [4.78, 5) is 12.0. The second-order valence-corrected chi connectivity index (χ2v) is 5.39. The summed E-state index contributed by atoms with van der Waals surface area (Å²) >= 11 is 6.05. The van der Waals surface area contributed by atoms with Crippen molar-refractivity contribution in [2.24, 2.45) is 0 Å². The van der Waals surface area contributed by atoms with E-state index in [0.29, 0.717) is 6.42 Å². The third kappa shape index (κ3) is 3.88. The molecule has 0 spiro atoms. The van der Waals surface area contributed by atoms with E-state index >= 15 is 0 Å². The molecular weight excluding hydrogens is 349 g/mol. The van der Waals surface area contributed by atoms with E-state index in [9.17, 15) is 18.0 Å². The quantitative estimate of drug-likeness (QED) is 0.853. The number of nitrogens with zero attached hydrogens (tertiary/aromatic N) is 1. The predicted octanol–water partition coefficient (Wildman–Crippen LogP) is 3.51. The number of aromatic nitrogens is 1. The van der Waals surface area contributed by atoms with Gasteiger partial charge < -0.3 is 14.9 Å². The van der Waals surface area contributed by atoms with Gasteiger partial charge in [-0.15, -0.1) is 0 Å². The topological polar surface area (TPSA) is 75.4 Å². The van der Waals surface area contributed by atoms with Crippen molar-refractivity contribution in [1.82, 2.24) is 10.5 Å². The molecule has 0 fully saturated rings. The highest BCUT2D eigenvalue weighted by Gasteiger charge is 2.30. The Morgan fingerprint density at radius 3 is 2.50 bits per heavy atom. The van der Waals surface area contributed by atoms with Crippen molar-refractivity contribution >= 4 is 17.5 Å². The summed E-state index contributed by atoms with van der Waals surface area (Å²) in [6.45, 7) is 1.52. The van der Waals surface area contributed by atoms with Gasteiger partial charge in [-0.05, 0) is 18.6 Å². The van der Waals surface area contributed by atoms with Crippen LogP contribution in [0.3, 0.4) is 0 Å². The van der Waals surface area contributed by atoms with E-state index in [-0.39, 0.29) is 28.6 Å². The van der Waals surface area contributed by atoms with Crippen LogP contribution < -0.4 is 5.32 Å². The first kappa shape index (κ1) is 18.3. The van der Waals surface area contributed by atoms with E-state index in [1.807, 2.05) is 0 Å². The number of hydrogen-bond acceptors (Lipinski definition) is 4. The Bertz CT molecular complexity index is 710. The summed E-state index contributed by atoms with van der Waals surface area (Å²) in [5.74, 6) is -0.926. The molecule has 1 aromatic carbocycles. The van der Waals surface area contributed by atoms with Gasteiger partial charge in [0.05, 0.1) is 18.2 Å². The molecule has 1 aromatic heterocycles. The average Bonchev–Trinajstić information content (AvgIpc) is 2.93. The van der Waals surface area contributed by atoms with Crippen molar-refractivity contribution in [3.8, 4) is 11.3 Å². The smallest absolute Gasteiger partial charge is 0.394 e. The number of amides is 1. The fourth-order valence-corrected chi connectivity index (χ4v) is 2.21. The predicted molar refractivity (Wildman–Crippen MR) is 80.6 cm³/mol. The Morgan fingerprint density at radius 1 is 1.38 bits per heavy atom. The first-order valence-corrected chi connectivity index (χ1v) is 7.40. The van der Waals surface area contributed by atoms with Crippen molar-refractivity contribution in [1.29, 1.82) is 0 Å². The Kier molecular flexibility index (Phi) is 5.51. The van der Waals surface area contributed by atoms with Gasteiger partial charge in [-0.25, -0.2) is 0 Å². The van der Waals surface area contributed by atoms with Gasteiger partial charge >= 0.3 is 6.18 Å². The Balaban J connectivity index is 2.25. The lowest BCUT2D eigenvalue weighted by molar-refractivity contribution is -0.137. The van der Waals surface area contributed by atoms with Crippen LogP contribution in [0.4, 0.5) is 13.2 Å². The molecule has 2 aromatic rings. The molecular formula is C15H14ClF3N2O3. The zero-order chi connectivity index (χ0) is 17.9. The highest BCUT2D eigenvalue weighted by molar-refractivity contribution is 6.35. The van der Waals surface area contributed by atoms with Crippen LogP contribution in [-0.4, -0.2) is 28.8 Å². The molecule has 0 aliphatic carbocycles. The SMILES string of the molecule is CC[C@H](CO)NC(=O)c1onc(-c2ccc(C(F)(F)F)cc2)c1Cl. The van der Waals surface area contributed by atoms with Crippen molar-refractivity contribution in [3.63, 3.8) is 0 Å². The number of nitrogens with one attached hydrogen (secondary N) is 1. The maximum Gasteiger partial charge on any atom is 0.416 e. The normalized spacial score (nSPS) is 12.9. The van der Waals surface area contributed by atoms with E-state index in [0.717, 1.165) is 12.1 Å². The van der Waals surface area contributed by atoms with Gasteiger partial charge in [0.2, 0.25) is 5.76 Å². The van der Waals surface area contributed by atoms with E-state index in [1.54, 1.807) is 6.92 Å². The van der Waals surface area contributed by atoms with Gasteiger partial charge in [0, 0.05) is 5.56 Å². The van der Waals surface area contributed by atoms with Crippen LogP contribution in [-0.2, 0) is 6.18 Å². The van der Waals surface area contributed by atoms with Gasteiger partial charge in [0.1, 0.15) is 10.7 Å². The summed E-state index contributed by atoms with van der Waals surface area (Å²) in [5, 5.41) is 15.1. The van der Waals surface area contributed by atoms with Crippen LogP contribution in [0, 0.1) is 0 Å². The van der Waals surface area contributed by atoms with E-state index < -0.39 is 23.7 Å². The maximum atomic E-state index is 12.6. The minimum atomic E-state index is -4.45. The van der Waals surface area contributed by atoms with Crippen molar-refractivity contribution in [2.75, 3.05) is 6.61 Å². The van der Waals surface area contributed by atoms with Gasteiger partial charge in [-0.3, -0.25) is 4.79 Å². The number of carbonyl (C=O) groups is 1. The van der Waals surface area contributed by atoms with Crippen molar-refractivity contribution in [3.05, 3.63) is 40.6 Å². The van der Waals surface area contributed by atoms with Gasteiger partial charge in [0.25, 0.3) is 5.91 Å². The standard InChI is InChI=1S/C15H14ClF3N2O3/c1-2-10(7-22)20-14(23)13-11(16)12(21-24-13)8-3-5-9(6-4-8)15(17,18)19/h3-6,10,22H,2,7H2,1H3,(H,20,23)/t10-/m1/s1. The molecule has 0 aliphatic heterocycles. The average molecular weight is 363 g/mol. The first-order valence-electron chi connectivity index (χ1n) is 7.02. The van der Waals surface area contributed by atoms with Crippen LogP contribution in [0.2, 0.25) is 5.02 Å². The lowest BCUT2D eigenvalue weighted by atomic mass is 10.1. The minimum Gasteiger partial charge on any atom is -0.394 e. The molecule has 2 N–H and O–H groups in total. The molecule has 1 atom stereocenters. The monoisotopic (exact) mass is 362 g/mol. The second kappa shape index (κ2) is 7.23. The lowest BCUT2D eigenvalue weighted by Crippen LogP contribution is -2.36. The lowest BCUT2D eigenvalue weighted by Gasteiger charge is -2.12. The maximum absolute atomic E-state index is 12.6. The van der Waals surface area contributed by atoms with Crippen LogP contribution in [0.25, 0.3) is 11.3 Å². The van der Waals surface area contributed by atoms with E-state index in [1.165, 1.54) is 12.1 Å². The Labute approximate surface area is 140 Å². The largest absolute Gasteiger partial charge is 0.416 e. The van der Waals surface area contributed by atoms with Gasteiger partial charge in [-0.1, -0.05) is 35.8 Å². The van der Waals surface area contributed by atoms with Crippen LogP contribution >= 0.6 is 11.6 Å². The van der Waals surface area contributed by atoms with Crippen LogP contribution in [0.1, 0.15) is 29.5 Å². The summed E-state index contributed by atoms with van der Waals surface area (Å²) in [5.41, 5.74) is -0.463. The molecule has 5 nitrogen and oxygen atoms in total. The fourth-order valence-electron chi connectivity index (χ4n) is 1.94. The van der Waals surface area contributed by atoms with Crippen molar-refractivity contribution in [2.45, 2.75) is 25.6 Å². The molecule has 0 saturated heterocycles. The van der Waals surface area contributed by atoms with Gasteiger partial charge in [-0.2, -0.15) is 13.2 Å². The van der Waals surface area contributed by atoms with Crippen LogP contribution in [0.15, 0.2) is 28.8 Å². The highest BCUT2D eigenvalue weighted by Crippen LogP contribution is 2.33. The number of hydrogen-bond donors (Lipinski definition) is 2. The molecule has 9 heteroatoms. The molecule has 1 heterocycles. The Morgan fingerprint density at radius 2 is 2.00 bits per heavy atom. The highest BCUT2D eigenvalue weighted by atomic mass is 35.5. The van der Waals surface area contributed by atoms with Crippen molar-refractivity contribution < 1.29 is 27.6 Å². The van der Waals surface area contributed by atoms with E-state index in [4.69, 9.17) is 21.2 Å². The molecule has 0 unspecified atom stereocenters. The third-order valence-corrected chi connectivity index (χ3v) is 3.73. The number of benzene rings is 1. The molecule has 0 radical (unpaired) electrons. The fraction of sp³-hybridized carbons (Fsp3) is 0.333. The molecule has 130 valence electrons. The zero-order valence-corrected chi connectivity index (χ0v) is 13.3. The number of aliphatic hydroxyl groups excluding tert-OH is 1. The zero-order valence-electron chi connectivity index (χ0n) is 12.5. The summed E-state index contributed by atoms with van der Waals surface area (Å²) in [6.07, 6.45) is -3.95. The molecule has 0 bridgehead atoms. The summed E-state index contributed by atoms with van der Waals surface area (Å²) < 4.78 is 42.6. The Hall–Kier alpha value is -2.06. The minimum absolute atomic E-state index is 0.0626.